The molecule has 2 rings (SSSR count). The molecule has 0 aromatic heterocycles. The Balaban J connectivity index is 1.39. The summed E-state index contributed by atoms with van der Waals surface area (Å²) in [5.41, 5.74) is 2.45. The molecular weight excluding hydrogens is 330 g/mol. The van der Waals surface area contributed by atoms with Crippen LogP contribution in [0.25, 0.3) is 0 Å². The van der Waals surface area contributed by atoms with Crippen LogP contribution in [-0.2, 0) is 6.42 Å². The van der Waals surface area contributed by atoms with Gasteiger partial charge in [0, 0.05) is 6.04 Å². The van der Waals surface area contributed by atoms with Crippen molar-refractivity contribution >= 4 is 0 Å². The Morgan fingerprint density at radius 1 is 0.815 bits per heavy atom. The van der Waals surface area contributed by atoms with Crippen molar-refractivity contribution in [1.82, 2.24) is 5.32 Å². The fraction of sp³-hybridized carbons (Fsp3) is 0.760. The lowest BCUT2D eigenvalue weighted by molar-refractivity contribution is 0.115. The average molecular weight is 374 g/mol. The SMILES string of the molecule is CCCCCCCCCCCCCCCNC1CCc2ccccc2C1O. The van der Waals surface area contributed by atoms with E-state index in [4.69, 9.17) is 0 Å². The van der Waals surface area contributed by atoms with Crippen molar-refractivity contribution in [3.63, 3.8) is 0 Å². The lowest BCUT2D eigenvalue weighted by Gasteiger charge is -2.30. The molecule has 2 N–H and O–H groups in total. The van der Waals surface area contributed by atoms with Gasteiger partial charge in [0.25, 0.3) is 0 Å². The van der Waals surface area contributed by atoms with Gasteiger partial charge in [-0.05, 0) is 36.9 Å². The summed E-state index contributed by atoms with van der Waals surface area (Å²) in [5, 5.41) is 14.2. The topological polar surface area (TPSA) is 32.3 Å². The maximum atomic E-state index is 10.6. The molecule has 0 aliphatic heterocycles. The smallest absolute Gasteiger partial charge is 0.0945 e. The van der Waals surface area contributed by atoms with E-state index in [9.17, 15) is 5.11 Å². The number of hydrogen-bond acceptors (Lipinski definition) is 2. The van der Waals surface area contributed by atoms with Crippen molar-refractivity contribution in [3.8, 4) is 0 Å². The molecule has 0 amide bonds. The van der Waals surface area contributed by atoms with Gasteiger partial charge in [-0.15, -0.1) is 0 Å². The van der Waals surface area contributed by atoms with Gasteiger partial charge < -0.3 is 10.4 Å². The van der Waals surface area contributed by atoms with E-state index in [0.717, 1.165) is 24.9 Å². The van der Waals surface area contributed by atoms with Gasteiger partial charge in [0.05, 0.1) is 6.10 Å². The Morgan fingerprint density at radius 2 is 1.37 bits per heavy atom. The highest BCUT2D eigenvalue weighted by atomic mass is 16.3. The third-order valence-electron chi connectivity index (χ3n) is 6.17. The zero-order valence-corrected chi connectivity index (χ0v) is 17.7. The number of hydrogen-bond donors (Lipinski definition) is 2. The average Bonchev–Trinajstić information content (AvgIpc) is 2.70. The summed E-state index contributed by atoms with van der Waals surface area (Å²) in [6, 6.07) is 8.58. The predicted molar refractivity (Wildman–Crippen MR) is 117 cm³/mol. The standard InChI is InChI=1S/C25H43NO/c1-2-3-4-5-6-7-8-9-10-11-12-13-16-21-26-24-20-19-22-17-14-15-18-23(22)25(24)27/h14-15,17-18,24-27H,2-13,16,19-21H2,1H3. The van der Waals surface area contributed by atoms with Gasteiger partial charge in [-0.3, -0.25) is 0 Å². The first-order chi connectivity index (χ1) is 13.3. The number of aryl methyl sites for hydroxylation is 1. The van der Waals surface area contributed by atoms with Gasteiger partial charge >= 0.3 is 0 Å². The first-order valence-electron chi connectivity index (χ1n) is 11.8. The summed E-state index contributed by atoms with van der Waals surface area (Å²) in [6.07, 6.45) is 20.0. The molecule has 0 bridgehead atoms. The number of fused-ring (bicyclic) bond motifs is 1. The molecule has 154 valence electrons. The lowest BCUT2D eigenvalue weighted by atomic mass is 9.86. The van der Waals surface area contributed by atoms with Crippen molar-refractivity contribution < 1.29 is 5.11 Å². The summed E-state index contributed by atoms with van der Waals surface area (Å²) < 4.78 is 0. The van der Waals surface area contributed by atoms with Crippen LogP contribution in [0.3, 0.4) is 0 Å². The maximum Gasteiger partial charge on any atom is 0.0945 e. The first kappa shape index (κ1) is 22.4. The Morgan fingerprint density at radius 3 is 2.00 bits per heavy atom. The molecule has 0 radical (unpaired) electrons. The molecule has 0 spiro atoms. The second-order valence-corrected chi connectivity index (χ2v) is 8.49. The zero-order valence-electron chi connectivity index (χ0n) is 17.7. The highest BCUT2D eigenvalue weighted by molar-refractivity contribution is 5.32. The molecule has 1 aromatic carbocycles. The quantitative estimate of drug-likeness (QED) is 0.335. The second-order valence-electron chi connectivity index (χ2n) is 8.49. The van der Waals surface area contributed by atoms with Gasteiger partial charge in [-0.25, -0.2) is 0 Å². The normalized spacial score (nSPS) is 19.2. The van der Waals surface area contributed by atoms with E-state index in [0.29, 0.717) is 0 Å². The van der Waals surface area contributed by atoms with Crippen molar-refractivity contribution in [1.29, 1.82) is 0 Å². The Labute approximate surface area is 168 Å². The number of unbranched alkanes of at least 4 members (excludes halogenated alkanes) is 12. The Kier molecular flexibility index (Phi) is 11.8. The molecule has 1 aliphatic rings. The van der Waals surface area contributed by atoms with Crippen LogP contribution in [0.4, 0.5) is 0 Å². The number of aliphatic hydroxyl groups is 1. The van der Waals surface area contributed by atoms with Crippen molar-refractivity contribution in [3.05, 3.63) is 35.4 Å². The lowest BCUT2D eigenvalue weighted by Crippen LogP contribution is -2.38. The minimum absolute atomic E-state index is 0.234. The predicted octanol–water partition coefficient (Wildman–Crippen LogP) is 6.72. The molecule has 2 heteroatoms. The fourth-order valence-electron chi connectivity index (χ4n) is 4.38. The molecule has 1 aromatic rings. The maximum absolute atomic E-state index is 10.6. The van der Waals surface area contributed by atoms with E-state index in [1.54, 1.807) is 0 Å². The molecule has 0 heterocycles. The Bertz CT molecular complexity index is 487. The zero-order chi connectivity index (χ0) is 19.2. The molecule has 27 heavy (non-hydrogen) atoms. The number of nitrogens with one attached hydrogen (secondary N) is 1. The van der Waals surface area contributed by atoms with Crippen LogP contribution >= 0.6 is 0 Å². The number of benzene rings is 1. The van der Waals surface area contributed by atoms with Crippen LogP contribution in [0.5, 0.6) is 0 Å². The molecule has 2 unspecified atom stereocenters. The molecule has 2 nitrogen and oxygen atoms in total. The van der Waals surface area contributed by atoms with Gasteiger partial charge in [0.2, 0.25) is 0 Å². The van der Waals surface area contributed by atoms with Crippen molar-refractivity contribution in [2.24, 2.45) is 0 Å². The van der Waals surface area contributed by atoms with E-state index in [1.165, 1.54) is 89.0 Å². The highest BCUT2D eigenvalue weighted by Gasteiger charge is 2.26. The van der Waals surface area contributed by atoms with Crippen LogP contribution in [-0.4, -0.2) is 17.7 Å². The van der Waals surface area contributed by atoms with E-state index >= 15 is 0 Å². The molecular formula is C25H43NO. The van der Waals surface area contributed by atoms with Crippen LogP contribution < -0.4 is 5.32 Å². The van der Waals surface area contributed by atoms with Gasteiger partial charge in [0.1, 0.15) is 0 Å². The largest absolute Gasteiger partial charge is 0.387 e. The summed E-state index contributed by atoms with van der Waals surface area (Å²) in [7, 11) is 0. The van der Waals surface area contributed by atoms with E-state index in [-0.39, 0.29) is 12.1 Å². The summed E-state index contributed by atoms with van der Waals surface area (Å²) in [6.45, 7) is 3.33. The van der Waals surface area contributed by atoms with Crippen LogP contribution in [0, 0.1) is 0 Å². The monoisotopic (exact) mass is 373 g/mol. The van der Waals surface area contributed by atoms with Crippen molar-refractivity contribution in [2.45, 2.75) is 115 Å². The third-order valence-corrected chi connectivity index (χ3v) is 6.17. The van der Waals surface area contributed by atoms with Gasteiger partial charge in [0.15, 0.2) is 0 Å². The molecule has 0 fully saturated rings. The highest BCUT2D eigenvalue weighted by Crippen LogP contribution is 2.29. The summed E-state index contributed by atoms with van der Waals surface area (Å²) in [5.74, 6) is 0. The van der Waals surface area contributed by atoms with Crippen LogP contribution in [0.15, 0.2) is 24.3 Å². The van der Waals surface area contributed by atoms with E-state index in [2.05, 4.69) is 30.4 Å². The molecule has 0 saturated heterocycles. The third kappa shape index (κ3) is 8.79. The van der Waals surface area contributed by atoms with Gasteiger partial charge in [-0.2, -0.15) is 0 Å². The van der Waals surface area contributed by atoms with E-state index < -0.39 is 0 Å². The van der Waals surface area contributed by atoms with Crippen LogP contribution in [0.2, 0.25) is 0 Å². The molecule has 1 aliphatic carbocycles. The summed E-state index contributed by atoms with van der Waals surface area (Å²) >= 11 is 0. The number of aliphatic hydroxyl groups excluding tert-OH is 1. The summed E-state index contributed by atoms with van der Waals surface area (Å²) in [4.78, 5) is 0. The minimum atomic E-state index is -0.336. The minimum Gasteiger partial charge on any atom is -0.387 e. The van der Waals surface area contributed by atoms with E-state index in [1.807, 2.05) is 6.07 Å². The number of rotatable bonds is 15. The van der Waals surface area contributed by atoms with Crippen LogP contribution in [0.1, 0.15) is 114 Å². The van der Waals surface area contributed by atoms with Gasteiger partial charge in [-0.1, -0.05) is 108 Å². The first-order valence-corrected chi connectivity index (χ1v) is 11.8. The molecule has 2 atom stereocenters. The molecule has 0 saturated carbocycles. The second kappa shape index (κ2) is 14.2. The Hall–Kier alpha value is -0.860. The fourth-order valence-corrected chi connectivity index (χ4v) is 4.38. The van der Waals surface area contributed by atoms with Crippen molar-refractivity contribution in [2.75, 3.05) is 6.54 Å².